The van der Waals surface area contributed by atoms with Gasteiger partial charge in [0.05, 0.1) is 30.3 Å². The molecule has 8 nitrogen and oxygen atoms in total. The van der Waals surface area contributed by atoms with Gasteiger partial charge in [-0.3, -0.25) is 14.6 Å². The van der Waals surface area contributed by atoms with Crippen molar-refractivity contribution in [3.8, 4) is 22.6 Å². The van der Waals surface area contributed by atoms with Crippen LogP contribution in [0.2, 0.25) is 0 Å². The molecule has 172 valence electrons. The van der Waals surface area contributed by atoms with Crippen molar-refractivity contribution in [1.82, 2.24) is 24.7 Å². The quantitative estimate of drug-likeness (QED) is 0.314. The molecule has 0 radical (unpaired) electrons. The lowest BCUT2D eigenvalue weighted by Gasteiger charge is -2.10. The van der Waals surface area contributed by atoms with Crippen LogP contribution in [0.1, 0.15) is 5.56 Å². The van der Waals surface area contributed by atoms with Crippen molar-refractivity contribution in [3.63, 3.8) is 0 Å². The minimum Gasteiger partial charge on any atom is -0.496 e. The van der Waals surface area contributed by atoms with Crippen LogP contribution in [-0.4, -0.2) is 36.9 Å². The van der Waals surface area contributed by atoms with Gasteiger partial charge < -0.3 is 15.2 Å². The Hall–Kier alpha value is -4.69. The number of pyridine rings is 1. The molecule has 3 N–H and O–H groups in total. The molecule has 3 heterocycles. The van der Waals surface area contributed by atoms with E-state index in [2.05, 4.69) is 26.6 Å². The van der Waals surface area contributed by atoms with Gasteiger partial charge in [0.1, 0.15) is 5.75 Å². The molecule has 0 unspecified atom stereocenters. The zero-order chi connectivity index (χ0) is 23.8. The Morgan fingerprint density at radius 2 is 1.91 bits per heavy atom. The van der Waals surface area contributed by atoms with Gasteiger partial charge in [0.15, 0.2) is 5.82 Å². The first-order valence-corrected chi connectivity index (χ1v) is 11.2. The fourth-order valence-electron chi connectivity index (χ4n) is 4.31. The highest BCUT2D eigenvalue weighted by Crippen LogP contribution is 2.34. The molecule has 0 bridgehead atoms. The third-order valence-corrected chi connectivity index (χ3v) is 6.02. The van der Waals surface area contributed by atoms with Crippen LogP contribution in [0.15, 0.2) is 85.2 Å². The summed E-state index contributed by atoms with van der Waals surface area (Å²) in [6.07, 6.45) is 3.50. The lowest BCUT2D eigenvalue weighted by Crippen LogP contribution is -2.02. The number of nitrogens with zero attached hydrogens (tertiary/aromatic N) is 4. The molecule has 0 atom stereocenters. The van der Waals surface area contributed by atoms with Crippen LogP contribution in [0.4, 0.5) is 11.8 Å². The molecule has 6 aromatic rings. The molecule has 0 aliphatic heterocycles. The van der Waals surface area contributed by atoms with Gasteiger partial charge >= 0.3 is 0 Å². The van der Waals surface area contributed by atoms with E-state index in [1.54, 1.807) is 19.5 Å². The SMILES string of the molecule is COc1ccncc1-c1ccc2[nH]nc(Nc3nc4cc(CO)ccc4n3-c3ccccc3)c2c1. The second kappa shape index (κ2) is 8.58. The van der Waals surface area contributed by atoms with Gasteiger partial charge in [-0.15, -0.1) is 0 Å². The largest absolute Gasteiger partial charge is 0.496 e. The molecule has 0 aliphatic rings. The number of H-pyrrole nitrogens is 1. The molecule has 0 spiro atoms. The van der Waals surface area contributed by atoms with Crippen molar-refractivity contribution >= 4 is 33.7 Å². The summed E-state index contributed by atoms with van der Waals surface area (Å²) in [6.45, 7) is -0.0402. The molecule has 0 saturated heterocycles. The minimum absolute atomic E-state index is 0.0402. The van der Waals surface area contributed by atoms with E-state index in [1.165, 1.54) is 0 Å². The smallest absolute Gasteiger partial charge is 0.214 e. The molecule has 0 amide bonds. The number of methoxy groups -OCH3 is 1. The van der Waals surface area contributed by atoms with Gasteiger partial charge in [0.2, 0.25) is 5.95 Å². The average Bonchev–Trinajstić information content (AvgIpc) is 3.49. The molecular formula is C27H22N6O2. The summed E-state index contributed by atoms with van der Waals surface area (Å²) in [7, 11) is 1.65. The number of fused-ring (bicyclic) bond motifs is 2. The van der Waals surface area contributed by atoms with Crippen LogP contribution in [-0.2, 0) is 6.61 Å². The fourth-order valence-corrected chi connectivity index (χ4v) is 4.31. The van der Waals surface area contributed by atoms with Gasteiger partial charge in [-0.2, -0.15) is 5.10 Å². The first kappa shape index (κ1) is 20.9. The van der Waals surface area contributed by atoms with E-state index in [1.807, 2.05) is 71.3 Å². The first-order valence-electron chi connectivity index (χ1n) is 11.2. The normalized spacial score (nSPS) is 11.3. The predicted molar refractivity (Wildman–Crippen MR) is 136 cm³/mol. The number of para-hydroxylation sites is 1. The summed E-state index contributed by atoms with van der Waals surface area (Å²) in [5, 5.41) is 21.6. The van der Waals surface area contributed by atoms with Gasteiger partial charge in [0.25, 0.3) is 0 Å². The number of aliphatic hydroxyl groups excluding tert-OH is 1. The summed E-state index contributed by atoms with van der Waals surface area (Å²) in [4.78, 5) is 9.11. The monoisotopic (exact) mass is 462 g/mol. The molecule has 0 aliphatic carbocycles. The Kier molecular flexibility index (Phi) is 5.12. The van der Waals surface area contributed by atoms with Gasteiger partial charge in [0, 0.05) is 29.0 Å². The number of benzene rings is 3. The van der Waals surface area contributed by atoms with Crippen LogP contribution in [0.25, 0.3) is 38.8 Å². The Bertz CT molecular complexity index is 1660. The van der Waals surface area contributed by atoms with Crippen LogP contribution in [0.3, 0.4) is 0 Å². The minimum atomic E-state index is -0.0402. The van der Waals surface area contributed by atoms with Crippen molar-refractivity contribution in [2.24, 2.45) is 0 Å². The van der Waals surface area contributed by atoms with Crippen molar-refractivity contribution in [2.75, 3.05) is 12.4 Å². The third kappa shape index (κ3) is 3.66. The molecule has 3 aromatic carbocycles. The van der Waals surface area contributed by atoms with Crippen LogP contribution in [0, 0.1) is 0 Å². The van der Waals surface area contributed by atoms with E-state index >= 15 is 0 Å². The number of aliphatic hydroxyl groups is 1. The Morgan fingerprint density at radius 3 is 2.74 bits per heavy atom. The number of aromatic nitrogens is 5. The summed E-state index contributed by atoms with van der Waals surface area (Å²) >= 11 is 0. The second-order valence-electron chi connectivity index (χ2n) is 8.12. The Labute approximate surface area is 200 Å². The summed E-state index contributed by atoms with van der Waals surface area (Å²) in [6, 6.07) is 23.7. The lowest BCUT2D eigenvalue weighted by atomic mass is 10.0. The molecule has 3 aromatic heterocycles. The third-order valence-electron chi connectivity index (χ3n) is 6.02. The highest BCUT2D eigenvalue weighted by molar-refractivity contribution is 5.95. The van der Waals surface area contributed by atoms with Crippen molar-refractivity contribution in [3.05, 3.63) is 90.8 Å². The van der Waals surface area contributed by atoms with E-state index in [0.717, 1.165) is 50.1 Å². The van der Waals surface area contributed by atoms with E-state index in [0.29, 0.717) is 11.8 Å². The maximum absolute atomic E-state index is 9.60. The first-order chi connectivity index (χ1) is 17.2. The zero-order valence-electron chi connectivity index (χ0n) is 18.9. The van der Waals surface area contributed by atoms with Crippen molar-refractivity contribution < 1.29 is 9.84 Å². The number of imidazole rings is 1. The van der Waals surface area contributed by atoms with E-state index < -0.39 is 0 Å². The standard InChI is InChI=1S/C27H22N6O2/c1-35-25-11-12-28-15-21(25)18-8-9-22-20(14-18)26(32-31-22)30-27-29-23-13-17(16-34)7-10-24(23)33(27)19-5-3-2-4-6-19/h2-15,34H,16H2,1H3,(H2,29,30,31,32). The van der Waals surface area contributed by atoms with E-state index in [4.69, 9.17) is 9.72 Å². The van der Waals surface area contributed by atoms with Gasteiger partial charge in [-0.25, -0.2) is 4.98 Å². The number of anilines is 2. The number of ether oxygens (including phenoxy) is 1. The highest BCUT2D eigenvalue weighted by atomic mass is 16.5. The Morgan fingerprint density at radius 1 is 1.03 bits per heavy atom. The average molecular weight is 463 g/mol. The van der Waals surface area contributed by atoms with Crippen LogP contribution >= 0.6 is 0 Å². The van der Waals surface area contributed by atoms with E-state index in [9.17, 15) is 5.11 Å². The van der Waals surface area contributed by atoms with Crippen LogP contribution in [0.5, 0.6) is 5.75 Å². The number of hydrogen-bond donors (Lipinski definition) is 3. The molecule has 6 rings (SSSR count). The zero-order valence-corrected chi connectivity index (χ0v) is 18.9. The maximum atomic E-state index is 9.60. The highest BCUT2D eigenvalue weighted by Gasteiger charge is 2.16. The number of rotatable bonds is 6. The number of aromatic amines is 1. The predicted octanol–water partition coefficient (Wildman–Crippen LogP) is 5.21. The fraction of sp³-hybridized carbons (Fsp3) is 0.0741. The molecular weight excluding hydrogens is 440 g/mol. The summed E-state index contributed by atoms with van der Waals surface area (Å²) in [5.41, 5.74) is 6.24. The topological polar surface area (TPSA) is 101 Å². The molecule has 35 heavy (non-hydrogen) atoms. The van der Waals surface area contributed by atoms with Gasteiger partial charge in [-0.1, -0.05) is 30.3 Å². The van der Waals surface area contributed by atoms with Crippen molar-refractivity contribution in [2.45, 2.75) is 6.61 Å². The maximum Gasteiger partial charge on any atom is 0.214 e. The number of hydrogen-bond acceptors (Lipinski definition) is 6. The molecule has 8 heteroatoms. The summed E-state index contributed by atoms with van der Waals surface area (Å²) in [5.74, 6) is 2.03. The summed E-state index contributed by atoms with van der Waals surface area (Å²) < 4.78 is 7.57. The van der Waals surface area contributed by atoms with Crippen LogP contribution < -0.4 is 10.1 Å². The molecule has 0 fully saturated rings. The number of nitrogens with one attached hydrogen (secondary N) is 2. The Balaban J connectivity index is 1.48. The van der Waals surface area contributed by atoms with E-state index in [-0.39, 0.29) is 6.61 Å². The van der Waals surface area contributed by atoms with Crippen molar-refractivity contribution in [1.29, 1.82) is 0 Å². The second-order valence-corrected chi connectivity index (χ2v) is 8.12. The van der Waals surface area contributed by atoms with Gasteiger partial charge in [-0.05, 0) is 53.6 Å². The lowest BCUT2D eigenvalue weighted by molar-refractivity contribution is 0.282. The molecule has 0 saturated carbocycles.